The third kappa shape index (κ3) is 2.36. The number of ketones is 1. The van der Waals surface area contributed by atoms with Gasteiger partial charge in [-0.15, -0.1) is 6.58 Å². The molecule has 0 bridgehead atoms. The Morgan fingerprint density at radius 3 is 2.93 bits per heavy atom. The zero-order chi connectivity index (χ0) is 10.6. The van der Waals surface area contributed by atoms with Gasteiger partial charge in [-0.05, 0) is 25.1 Å². The third-order valence-corrected chi connectivity index (χ3v) is 1.88. The van der Waals surface area contributed by atoms with Crippen LogP contribution in [0.25, 0.3) is 0 Å². The fraction of sp³-hybridized carbons (Fsp3) is 0.182. The molecule has 0 saturated heterocycles. The molecule has 0 heterocycles. The van der Waals surface area contributed by atoms with E-state index in [0.717, 1.165) is 5.69 Å². The van der Waals surface area contributed by atoms with Crippen LogP contribution in [0.2, 0.25) is 0 Å². The monoisotopic (exact) mass is 190 g/mol. The Hall–Kier alpha value is -1.77. The fourth-order valence-corrected chi connectivity index (χ4v) is 1.16. The van der Waals surface area contributed by atoms with E-state index in [1.807, 2.05) is 6.07 Å². The van der Waals surface area contributed by atoms with Gasteiger partial charge in [-0.2, -0.15) is 0 Å². The summed E-state index contributed by atoms with van der Waals surface area (Å²) in [6.45, 7) is 5.77. The average molecular weight is 190 g/mol. The first-order chi connectivity index (χ1) is 6.65. The molecule has 0 aliphatic carbocycles. The van der Waals surface area contributed by atoms with Gasteiger partial charge < -0.3 is 11.1 Å². The molecule has 0 spiro atoms. The molecule has 0 radical (unpaired) electrons. The molecular formula is C11H14N2O. The van der Waals surface area contributed by atoms with Gasteiger partial charge in [-0.3, -0.25) is 4.79 Å². The Balaban J connectivity index is 2.94. The van der Waals surface area contributed by atoms with E-state index < -0.39 is 0 Å². The van der Waals surface area contributed by atoms with Crippen LogP contribution in [0.3, 0.4) is 0 Å². The van der Waals surface area contributed by atoms with Crippen LogP contribution in [-0.2, 0) is 0 Å². The van der Waals surface area contributed by atoms with E-state index in [4.69, 9.17) is 5.73 Å². The lowest BCUT2D eigenvalue weighted by molar-refractivity contribution is 0.101. The Morgan fingerprint density at radius 1 is 1.64 bits per heavy atom. The van der Waals surface area contributed by atoms with E-state index in [1.54, 1.807) is 18.2 Å². The lowest BCUT2D eigenvalue weighted by atomic mass is 10.1. The molecule has 0 saturated carbocycles. The van der Waals surface area contributed by atoms with Crippen molar-refractivity contribution in [2.45, 2.75) is 6.92 Å². The summed E-state index contributed by atoms with van der Waals surface area (Å²) in [6.07, 6.45) is 1.75. The highest BCUT2D eigenvalue weighted by molar-refractivity contribution is 5.99. The summed E-state index contributed by atoms with van der Waals surface area (Å²) < 4.78 is 0. The van der Waals surface area contributed by atoms with Crippen LogP contribution in [0.1, 0.15) is 17.3 Å². The van der Waals surface area contributed by atoms with Gasteiger partial charge >= 0.3 is 0 Å². The van der Waals surface area contributed by atoms with Gasteiger partial charge in [0.2, 0.25) is 0 Å². The van der Waals surface area contributed by atoms with E-state index >= 15 is 0 Å². The molecule has 3 nitrogen and oxygen atoms in total. The van der Waals surface area contributed by atoms with Crippen LogP contribution < -0.4 is 11.1 Å². The summed E-state index contributed by atoms with van der Waals surface area (Å²) in [7, 11) is 0. The first kappa shape index (κ1) is 10.3. The van der Waals surface area contributed by atoms with Crippen molar-refractivity contribution in [3.8, 4) is 0 Å². The van der Waals surface area contributed by atoms with Crippen molar-refractivity contribution >= 4 is 17.2 Å². The summed E-state index contributed by atoms with van der Waals surface area (Å²) in [5, 5.41) is 3.09. The Kier molecular flexibility index (Phi) is 3.29. The maximum absolute atomic E-state index is 11.2. The minimum Gasteiger partial charge on any atom is -0.398 e. The van der Waals surface area contributed by atoms with Gasteiger partial charge in [0.15, 0.2) is 5.78 Å². The molecule has 3 heteroatoms. The highest BCUT2D eigenvalue weighted by Gasteiger charge is 2.04. The Labute approximate surface area is 83.6 Å². The molecule has 0 amide bonds. The van der Waals surface area contributed by atoms with E-state index in [1.165, 1.54) is 6.92 Å². The van der Waals surface area contributed by atoms with Gasteiger partial charge in [-0.25, -0.2) is 0 Å². The molecule has 1 aromatic carbocycles. The zero-order valence-corrected chi connectivity index (χ0v) is 8.21. The first-order valence-corrected chi connectivity index (χ1v) is 4.40. The number of benzene rings is 1. The predicted molar refractivity (Wildman–Crippen MR) is 59.5 cm³/mol. The first-order valence-electron chi connectivity index (χ1n) is 4.40. The van der Waals surface area contributed by atoms with Crippen molar-refractivity contribution in [1.29, 1.82) is 0 Å². The summed E-state index contributed by atoms with van der Waals surface area (Å²) in [5.74, 6) is -0.0234. The Morgan fingerprint density at radius 2 is 2.36 bits per heavy atom. The lowest BCUT2D eigenvalue weighted by Gasteiger charge is -2.07. The number of anilines is 2. The average Bonchev–Trinajstić information content (AvgIpc) is 2.16. The second-order valence-electron chi connectivity index (χ2n) is 3.03. The summed E-state index contributed by atoms with van der Waals surface area (Å²) in [5.41, 5.74) is 7.60. The van der Waals surface area contributed by atoms with Crippen LogP contribution in [0.5, 0.6) is 0 Å². The molecule has 0 aromatic heterocycles. The van der Waals surface area contributed by atoms with Crippen LogP contribution in [0, 0.1) is 0 Å². The topological polar surface area (TPSA) is 55.1 Å². The molecule has 0 aliphatic heterocycles. The smallest absolute Gasteiger partial charge is 0.161 e. The highest BCUT2D eigenvalue weighted by atomic mass is 16.1. The number of nitrogen functional groups attached to an aromatic ring is 1. The van der Waals surface area contributed by atoms with E-state index in [2.05, 4.69) is 11.9 Å². The number of nitrogens with two attached hydrogens (primary N) is 1. The van der Waals surface area contributed by atoms with Gasteiger partial charge in [0.05, 0.1) is 0 Å². The van der Waals surface area contributed by atoms with Crippen LogP contribution in [-0.4, -0.2) is 12.3 Å². The number of carbonyl (C=O) groups excluding carboxylic acids is 1. The van der Waals surface area contributed by atoms with Crippen LogP contribution in [0.4, 0.5) is 11.4 Å². The minimum atomic E-state index is -0.0234. The molecule has 0 unspecified atom stereocenters. The number of nitrogens with one attached hydrogen (secondary N) is 1. The van der Waals surface area contributed by atoms with Crippen LogP contribution in [0.15, 0.2) is 30.9 Å². The van der Waals surface area contributed by atoms with Gasteiger partial charge in [0, 0.05) is 23.5 Å². The number of carbonyl (C=O) groups is 1. The molecule has 74 valence electrons. The van der Waals surface area contributed by atoms with E-state index in [9.17, 15) is 4.79 Å². The van der Waals surface area contributed by atoms with Gasteiger partial charge in [0.1, 0.15) is 0 Å². The summed E-state index contributed by atoms with van der Waals surface area (Å²) in [6, 6.07) is 5.31. The lowest BCUT2D eigenvalue weighted by Crippen LogP contribution is -2.03. The predicted octanol–water partition coefficient (Wildman–Crippen LogP) is 2.07. The SMILES string of the molecule is C=CCNc1ccc(N)c(C(C)=O)c1. The second-order valence-corrected chi connectivity index (χ2v) is 3.03. The van der Waals surface area contributed by atoms with Gasteiger partial charge in [-0.1, -0.05) is 6.08 Å². The fourth-order valence-electron chi connectivity index (χ4n) is 1.16. The number of Topliss-reactive ketones (excluding diaryl/α,β-unsaturated/α-hetero) is 1. The molecule has 0 fully saturated rings. The second kappa shape index (κ2) is 4.46. The third-order valence-electron chi connectivity index (χ3n) is 1.88. The van der Waals surface area contributed by atoms with Crippen molar-refractivity contribution in [2.24, 2.45) is 0 Å². The minimum absolute atomic E-state index is 0.0234. The zero-order valence-electron chi connectivity index (χ0n) is 8.21. The van der Waals surface area contributed by atoms with Gasteiger partial charge in [0.25, 0.3) is 0 Å². The van der Waals surface area contributed by atoms with Crippen molar-refractivity contribution < 1.29 is 4.79 Å². The molecule has 1 rings (SSSR count). The molecular weight excluding hydrogens is 176 g/mol. The normalized spacial score (nSPS) is 9.50. The van der Waals surface area contributed by atoms with Crippen LogP contribution >= 0.6 is 0 Å². The van der Waals surface area contributed by atoms with Crippen molar-refractivity contribution in [3.05, 3.63) is 36.4 Å². The number of hydrogen-bond acceptors (Lipinski definition) is 3. The molecule has 0 atom stereocenters. The largest absolute Gasteiger partial charge is 0.398 e. The number of hydrogen-bond donors (Lipinski definition) is 2. The van der Waals surface area contributed by atoms with Crippen molar-refractivity contribution in [3.63, 3.8) is 0 Å². The molecule has 3 N–H and O–H groups in total. The molecule has 14 heavy (non-hydrogen) atoms. The van der Waals surface area contributed by atoms with E-state index in [0.29, 0.717) is 17.8 Å². The van der Waals surface area contributed by atoms with Crippen molar-refractivity contribution in [1.82, 2.24) is 0 Å². The maximum Gasteiger partial charge on any atom is 0.161 e. The standard InChI is InChI=1S/C11H14N2O/c1-3-6-13-9-4-5-11(12)10(7-9)8(2)14/h3-5,7,13H,1,6,12H2,2H3. The Bertz CT molecular complexity index is 358. The molecule has 1 aromatic rings. The molecule has 0 aliphatic rings. The van der Waals surface area contributed by atoms with E-state index in [-0.39, 0.29) is 5.78 Å². The number of rotatable bonds is 4. The highest BCUT2D eigenvalue weighted by Crippen LogP contribution is 2.18. The summed E-state index contributed by atoms with van der Waals surface area (Å²) in [4.78, 5) is 11.2. The maximum atomic E-state index is 11.2. The van der Waals surface area contributed by atoms with Crippen molar-refractivity contribution in [2.75, 3.05) is 17.6 Å². The summed E-state index contributed by atoms with van der Waals surface area (Å²) >= 11 is 0. The quantitative estimate of drug-likeness (QED) is 0.434.